The van der Waals surface area contributed by atoms with Crippen molar-refractivity contribution in [1.29, 1.82) is 0 Å². The van der Waals surface area contributed by atoms with Gasteiger partial charge in [0, 0.05) is 12.6 Å². The van der Waals surface area contributed by atoms with E-state index in [0.29, 0.717) is 12.8 Å². The number of H-pyrrole nitrogens is 1. The number of fused-ring (bicyclic) bond motifs is 1. The summed E-state index contributed by atoms with van der Waals surface area (Å²) in [6.07, 6.45) is 8.24. The Morgan fingerprint density at radius 1 is 1.13 bits per heavy atom. The van der Waals surface area contributed by atoms with Gasteiger partial charge in [0.2, 0.25) is 5.95 Å². The van der Waals surface area contributed by atoms with E-state index in [1.54, 1.807) is 41.1 Å². The van der Waals surface area contributed by atoms with E-state index < -0.39 is 30.7 Å². The number of anilines is 1. The lowest BCUT2D eigenvalue weighted by Gasteiger charge is -2.25. The highest BCUT2D eigenvalue weighted by Crippen LogP contribution is 2.56. The number of aromatic amines is 1. The molecule has 0 saturated heterocycles. The maximum atomic E-state index is 14.3. The van der Waals surface area contributed by atoms with E-state index in [0.717, 1.165) is 31.3 Å². The quantitative estimate of drug-likeness (QED) is 0.111. The van der Waals surface area contributed by atoms with Gasteiger partial charge in [-0.05, 0) is 56.2 Å². The second-order valence-corrected chi connectivity index (χ2v) is 13.6. The van der Waals surface area contributed by atoms with Crippen LogP contribution in [-0.4, -0.2) is 57.3 Å². The van der Waals surface area contributed by atoms with Crippen LogP contribution in [0.3, 0.4) is 0 Å². The summed E-state index contributed by atoms with van der Waals surface area (Å²) in [6, 6.07) is 7.44. The number of esters is 2. The van der Waals surface area contributed by atoms with Gasteiger partial charge in [-0.15, -0.1) is 0 Å². The van der Waals surface area contributed by atoms with E-state index in [1.807, 2.05) is 6.92 Å². The van der Waals surface area contributed by atoms with Gasteiger partial charge >= 0.3 is 19.7 Å². The number of hydrogen-bond acceptors (Lipinski definition) is 11. The Morgan fingerprint density at radius 3 is 2.53 bits per heavy atom. The van der Waals surface area contributed by atoms with Crippen LogP contribution in [0.1, 0.15) is 72.6 Å². The summed E-state index contributed by atoms with van der Waals surface area (Å²) in [5.74, 6) is -0.506. The van der Waals surface area contributed by atoms with Gasteiger partial charge in [-0.25, -0.2) is 9.55 Å². The minimum Gasteiger partial charge on any atom is -0.465 e. The lowest BCUT2D eigenvalue weighted by atomic mass is 9.99. The van der Waals surface area contributed by atoms with Gasteiger partial charge in [0.25, 0.3) is 5.56 Å². The first-order valence-electron chi connectivity index (χ1n) is 16.0. The molecule has 0 bridgehead atoms. The molecule has 1 aliphatic rings. The number of carbonyl (C=O) groups is 2. The van der Waals surface area contributed by atoms with Crippen LogP contribution in [0.5, 0.6) is 5.75 Å². The number of carbonyl (C=O) groups excluding carboxylic acids is 2. The second-order valence-electron chi connectivity index (χ2n) is 11.9. The summed E-state index contributed by atoms with van der Waals surface area (Å²) in [4.78, 5) is 48.4. The molecule has 3 aromatic rings. The molecular formula is C32H45N6O8P. The maximum Gasteiger partial charge on any atom is 0.459 e. The number of para-hydroxylation sites is 1. The molecule has 0 radical (unpaired) electrons. The Morgan fingerprint density at radius 2 is 1.85 bits per heavy atom. The van der Waals surface area contributed by atoms with E-state index in [-0.39, 0.29) is 61.0 Å². The third-order valence-electron chi connectivity index (χ3n) is 7.83. The first-order valence-corrected chi connectivity index (χ1v) is 17.6. The molecule has 1 aromatic carbocycles. The Balaban J connectivity index is 1.56. The molecule has 256 valence electrons. The van der Waals surface area contributed by atoms with Gasteiger partial charge in [-0.2, -0.15) is 10.1 Å². The fourth-order valence-electron chi connectivity index (χ4n) is 5.19. The Labute approximate surface area is 274 Å². The lowest BCUT2D eigenvalue weighted by molar-refractivity contribution is -0.147. The van der Waals surface area contributed by atoms with Crippen LogP contribution < -0.4 is 20.9 Å². The Kier molecular flexibility index (Phi) is 12.4. The van der Waals surface area contributed by atoms with Crippen molar-refractivity contribution < 1.29 is 32.7 Å². The monoisotopic (exact) mass is 672 g/mol. The van der Waals surface area contributed by atoms with Crippen molar-refractivity contribution in [2.24, 2.45) is 11.3 Å². The number of imidazole rings is 1. The normalized spacial score (nSPS) is 18.6. The molecule has 2 heterocycles. The number of ether oxygens (including phenoxy) is 2. The molecule has 0 aliphatic heterocycles. The van der Waals surface area contributed by atoms with Crippen LogP contribution in [0.2, 0.25) is 0 Å². The lowest BCUT2D eigenvalue weighted by Crippen LogP contribution is -2.36. The molecule has 4 rings (SSSR count). The fourth-order valence-corrected chi connectivity index (χ4v) is 6.77. The highest BCUT2D eigenvalue weighted by molar-refractivity contribution is 7.52. The highest BCUT2D eigenvalue weighted by Gasteiger charge is 2.52. The molecule has 1 saturated carbocycles. The summed E-state index contributed by atoms with van der Waals surface area (Å²) in [6.45, 7) is 7.62. The molecule has 1 fully saturated rings. The van der Waals surface area contributed by atoms with E-state index >= 15 is 0 Å². The number of nitrogen functional groups attached to an aromatic ring is 1. The van der Waals surface area contributed by atoms with Gasteiger partial charge in [-0.3, -0.25) is 28.5 Å². The summed E-state index contributed by atoms with van der Waals surface area (Å²) < 4.78 is 38.8. The van der Waals surface area contributed by atoms with Crippen LogP contribution in [-0.2, 0) is 28.2 Å². The Hall–Kier alpha value is -4.00. The van der Waals surface area contributed by atoms with Crippen molar-refractivity contribution in [2.45, 2.75) is 78.7 Å². The fraction of sp³-hybridized carbons (Fsp3) is 0.531. The van der Waals surface area contributed by atoms with Crippen LogP contribution in [0.25, 0.3) is 17.4 Å². The zero-order valence-electron chi connectivity index (χ0n) is 27.4. The van der Waals surface area contributed by atoms with Crippen LogP contribution in [0.15, 0.2) is 47.0 Å². The number of benzene rings is 1. The van der Waals surface area contributed by atoms with Crippen LogP contribution in [0.4, 0.5) is 5.95 Å². The minimum absolute atomic E-state index is 0.0559. The molecule has 15 heteroatoms. The second kappa shape index (κ2) is 16.2. The number of hydrogen-bond donors (Lipinski definition) is 3. The number of nitrogens with one attached hydrogen (secondary N) is 2. The molecular weight excluding hydrogens is 627 g/mol. The summed E-state index contributed by atoms with van der Waals surface area (Å²) >= 11 is 0. The number of rotatable bonds is 19. The molecule has 14 nitrogen and oxygen atoms in total. The molecule has 47 heavy (non-hydrogen) atoms. The first-order chi connectivity index (χ1) is 22.5. The third kappa shape index (κ3) is 9.75. The van der Waals surface area contributed by atoms with Crippen molar-refractivity contribution >= 4 is 43.0 Å². The first kappa shape index (κ1) is 35.8. The van der Waals surface area contributed by atoms with E-state index in [4.69, 9.17) is 24.3 Å². The zero-order valence-corrected chi connectivity index (χ0v) is 28.3. The van der Waals surface area contributed by atoms with Crippen molar-refractivity contribution in [3.8, 4) is 5.75 Å². The summed E-state index contributed by atoms with van der Waals surface area (Å²) in [7, 11) is -4.20. The molecule has 1 aliphatic carbocycles. The smallest absolute Gasteiger partial charge is 0.459 e. The van der Waals surface area contributed by atoms with Crippen LogP contribution in [0, 0.1) is 11.3 Å². The molecule has 0 spiro atoms. The maximum absolute atomic E-state index is 14.3. The van der Waals surface area contributed by atoms with Gasteiger partial charge in [0.05, 0.1) is 18.6 Å². The average Bonchev–Trinajstić information content (AvgIpc) is 3.57. The van der Waals surface area contributed by atoms with E-state index in [1.165, 1.54) is 13.3 Å². The van der Waals surface area contributed by atoms with E-state index in [2.05, 4.69) is 33.9 Å². The van der Waals surface area contributed by atoms with Gasteiger partial charge in [0.1, 0.15) is 24.7 Å². The van der Waals surface area contributed by atoms with Crippen molar-refractivity contribution in [1.82, 2.24) is 24.6 Å². The SMILES string of the molecule is CCCC(=O)OC[C@]1(CO[P@@](=O)(N[C@@H](C)C(=O)OCC(CCC)CCC)Oc2ccccc2)C/C1=C/n1cnc2c(=O)[nH]c(N)nc21. The molecule has 0 amide bonds. The number of nitrogens with two attached hydrogens (primary N) is 1. The van der Waals surface area contributed by atoms with Crippen molar-refractivity contribution in [3.05, 3.63) is 52.6 Å². The van der Waals surface area contributed by atoms with Crippen molar-refractivity contribution in [3.63, 3.8) is 0 Å². The summed E-state index contributed by atoms with van der Waals surface area (Å²) in [5, 5.41) is 2.74. The molecule has 4 N–H and O–H groups in total. The van der Waals surface area contributed by atoms with Gasteiger partial charge < -0.3 is 19.7 Å². The van der Waals surface area contributed by atoms with Crippen LogP contribution >= 0.6 is 7.75 Å². The topological polar surface area (TPSA) is 190 Å². The predicted octanol–water partition coefficient (Wildman–Crippen LogP) is 5.22. The molecule has 0 unspecified atom stereocenters. The summed E-state index contributed by atoms with van der Waals surface area (Å²) in [5.41, 5.74) is 5.51. The highest BCUT2D eigenvalue weighted by atomic mass is 31.2. The molecule has 2 aromatic heterocycles. The average molecular weight is 673 g/mol. The Bertz CT molecular complexity index is 1650. The number of aromatic nitrogens is 4. The largest absolute Gasteiger partial charge is 0.465 e. The predicted molar refractivity (Wildman–Crippen MR) is 177 cm³/mol. The minimum atomic E-state index is -4.20. The van der Waals surface area contributed by atoms with Crippen molar-refractivity contribution in [2.75, 3.05) is 25.6 Å². The third-order valence-corrected chi connectivity index (χ3v) is 9.46. The standard InChI is InChI=1S/C32H45N6O8P/c1-5-11-23(12-6-2)18-43-30(41)22(4)37-47(42,46-25-14-9-8-10-15-25)45-20-32(19-44-26(39)13-7-3)16-24(32)17-38-21-34-27-28(38)35-31(33)36-29(27)40/h8-10,14-15,17,21-23H,5-7,11-13,16,18-20H2,1-4H3,(H,37,42)(H3,33,35,36,40)/b24-17-/t22-,32-,47-/m0/s1. The number of nitrogens with zero attached hydrogens (tertiary/aromatic N) is 3. The zero-order chi connectivity index (χ0) is 34.0. The van der Waals surface area contributed by atoms with Gasteiger partial charge in [0.15, 0.2) is 11.2 Å². The van der Waals surface area contributed by atoms with E-state index in [9.17, 15) is 18.9 Å². The molecule has 3 atom stereocenters. The van der Waals surface area contributed by atoms with Gasteiger partial charge in [-0.1, -0.05) is 51.8 Å².